The van der Waals surface area contributed by atoms with Crippen LogP contribution >= 0.6 is 11.8 Å². The lowest BCUT2D eigenvalue weighted by Crippen LogP contribution is -2.53. The van der Waals surface area contributed by atoms with Gasteiger partial charge in [-0.2, -0.15) is 0 Å². The van der Waals surface area contributed by atoms with Gasteiger partial charge >= 0.3 is 6.03 Å². The van der Waals surface area contributed by atoms with Gasteiger partial charge in [0.2, 0.25) is 5.91 Å². The molecule has 8 heteroatoms. The second-order valence-corrected chi connectivity index (χ2v) is 12.3. The Morgan fingerprint density at radius 2 is 1.74 bits per heavy atom. The third kappa shape index (κ3) is 6.82. The van der Waals surface area contributed by atoms with Gasteiger partial charge in [-0.05, 0) is 74.0 Å². The molecule has 7 nitrogen and oxygen atoms in total. The van der Waals surface area contributed by atoms with E-state index in [-0.39, 0.29) is 17.9 Å². The highest BCUT2D eigenvalue weighted by Gasteiger charge is 2.33. The Labute approximate surface area is 253 Å². The molecule has 1 aliphatic rings. The highest BCUT2D eigenvalue weighted by molar-refractivity contribution is 7.98. The van der Waals surface area contributed by atoms with Crippen LogP contribution in [0.3, 0.4) is 0 Å². The molecule has 0 spiro atoms. The number of para-hydroxylation sites is 1. The van der Waals surface area contributed by atoms with Gasteiger partial charge < -0.3 is 25.4 Å². The first-order valence-electron chi connectivity index (χ1n) is 14.6. The van der Waals surface area contributed by atoms with E-state index >= 15 is 0 Å². The van der Waals surface area contributed by atoms with Crippen molar-refractivity contribution in [2.24, 2.45) is 0 Å². The fourth-order valence-electron chi connectivity index (χ4n) is 5.96. The van der Waals surface area contributed by atoms with Gasteiger partial charge in [0.25, 0.3) is 0 Å². The van der Waals surface area contributed by atoms with Crippen LogP contribution in [-0.2, 0) is 11.3 Å². The average Bonchev–Trinajstić information content (AvgIpc) is 3.44. The standard InChI is InChI=1S/C34H41N5O2S/c1-23(28-21-35-29-13-9-8-12-27(28)29)32(33(40)36-30-20-24(22-38(2)3)14-15-31(30)42-4)37-34(41)39-18-16-26(17-19-39)25-10-6-5-7-11-25/h5-15,20-21,23,26,32,35H,16-19,22H2,1-4H3,(H,36,40)(H,37,41)/t23-,32+/m0/s1. The van der Waals surface area contributed by atoms with Crippen molar-refractivity contribution in [1.82, 2.24) is 20.1 Å². The Morgan fingerprint density at radius 1 is 1.02 bits per heavy atom. The second-order valence-electron chi connectivity index (χ2n) is 11.4. The van der Waals surface area contributed by atoms with Crippen LogP contribution in [0.5, 0.6) is 0 Å². The van der Waals surface area contributed by atoms with E-state index in [1.54, 1.807) is 11.8 Å². The van der Waals surface area contributed by atoms with Crippen LogP contribution in [-0.4, -0.2) is 66.2 Å². The Bertz CT molecular complexity index is 1510. The number of nitrogens with one attached hydrogen (secondary N) is 3. The zero-order valence-corrected chi connectivity index (χ0v) is 25.7. The molecule has 1 saturated heterocycles. The van der Waals surface area contributed by atoms with Crippen LogP contribution in [0, 0.1) is 0 Å². The molecule has 1 aromatic heterocycles. The maximum absolute atomic E-state index is 14.1. The number of hydrogen-bond donors (Lipinski definition) is 3. The largest absolute Gasteiger partial charge is 0.361 e. The summed E-state index contributed by atoms with van der Waals surface area (Å²) in [6.45, 7) is 4.09. The number of piperidine rings is 1. The summed E-state index contributed by atoms with van der Waals surface area (Å²) in [6.07, 6.45) is 5.77. The third-order valence-corrected chi connectivity index (χ3v) is 9.04. The fourth-order valence-corrected chi connectivity index (χ4v) is 6.49. The quantitative estimate of drug-likeness (QED) is 0.193. The Morgan fingerprint density at radius 3 is 2.45 bits per heavy atom. The molecule has 0 aliphatic carbocycles. The monoisotopic (exact) mass is 583 g/mol. The number of urea groups is 1. The van der Waals surface area contributed by atoms with E-state index in [0.717, 1.165) is 52.0 Å². The smallest absolute Gasteiger partial charge is 0.318 e. The summed E-state index contributed by atoms with van der Waals surface area (Å²) in [7, 11) is 4.05. The number of likely N-dealkylation sites (tertiary alicyclic amines) is 1. The maximum Gasteiger partial charge on any atom is 0.318 e. The molecule has 0 radical (unpaired) electrons. The van der Waals surface area contributed by atoms with Crippen molar-refractivity contribution < 1.29 is 9.59 Å². The molecular formula is C34H41N5O2S. The normalized spacial score (nSPS) is 15.5. The first kappa shape index (κ1) is 29.7. The number of benzene rings is 3. The van der Waals surface area contributed by atoms with Gasteiger partial charge in [0.15, 0.2) is 0 Å². The number of rotatable bonds is 9. The van der Waals surface area contributed by atoms with Crippen molar-refractivity contribution >= 4 is 40.3 Å². The summed E-state index contributed by atoms with van der Waals surface area (Å²) in [6, 6.07) is 23.8. The van der Waals surface area contributed by atoms with Crippen LogP contribution in [0.15, 0.2) is 83.9 Å². The summed E-state index contributed by atoms with van der Waals surface area (Å²) >= 11 is 1.59. The molecule has 5 rings (SSSR count). The lowest BCUT2D eigenvalue weighted by atomic mass is 9.89. The third-order valence-electron chi connectivity index (χ3n) is 8.25. The van der Waals surface area contributed by atoms with Crippen molar-refractivity contribution in [3.05, 3.63) is 95.7 Å². The van der Waals surface area contributed by atoms with Gasteiger partial charge in [0.05, 0.1) is 5.69 Å². The van der Waals surface area contributed by atoms with Gasteiger partial charge in [-0.25, -0.2) is 4.79 Å². The minimum atomic E-state index is -0.768. The van der Waals surface area contributed by atoms with E-state index in [1.165, 1.54) is 5.56 Å². The first-order chi connectivity index (χ1) is 20.3. The van der Waals surface area contributed by atoms with E-state index in [1.807, 2.05) is 74.8 Å². The zero-order chi connectivity index (χ0) is 29.6. The number of amides is 3. The Hall–Kier alpha value is -3.75. The molecule has 0 bridgehead atoms. The van der Waals surface area contributed by atoms with E-state index in [4.69, 9.17) is 0 Å². The van der Waals surface area contributed by atoms with Crippen molar-refractivity contribution in [2.45, 2.75) is 49.1 Å². The molecule has 0 saturated carbocycles. The number of anilines is 1. The second kappa shape index (κ2) is 13.5. The summed E-state index contributed by atoms with van der Waals surface area (Å²) in [4.78, 5) is 36.0. The highest BCUT2D eigenvalue weighted by Crippen LogP contribution is 2.32. The number of fused-ring (bicyclic) bond motifs is 1. The van der Waals surface area contributed by atoms with Crippen LogP contribution in [0.2, 0.25) is 0 Å². The summed E-state index contributed by atoms with van der Waals surface area (Å²) in [5, 5.41) is 7.38. The molecule has 0 unspecified atom stereocenters. The van der Waals surface area contributed by atoms with Crippen LogP contribution in [0.25, 0.3) is 10.9 Å². The molecule has 1 aliphatic heterocycles. The average molecular weight is 584 g/mol. The first-order valence-corrected chi connectivity index (χ1v) is 15.9. The minimum absolute atomic E-state index is 0.195. The molecular weight excluding hydrogens is 542 g/mol. The molecule has 3 amide bonds. The lowest BCUT2D eigenvalue weighted by molar-refractivity contribution is -0.118. The van der Waals surface area contributed by atoms with Crippen molar-refractivity contribution in [3.63, 3.8) is 0 Å². The number of H-pyrrole nitrogens is 1. The molecule has 220 valence electrons. The number of nitrogens with zero attached hydrogens (tertiary/aromatic N) is 2. The van der Waals surface area contributed by atoms with Crippen molar-refractivity contribution in [2.75, 3.05) is 38.8 Å². The molecule has 3 aromatic carbocycles. The van der Waals surface area contributed by atoms with E-state index in [9.17, 15) is 9.59 Å². The number of carbonyl (C=O) groups excluding carboxylic acids is 2. The van der Waals surface area contributed by atoms with E-state index in [2.05, 4.69) is 56.9 Å². The van der Waals surface area contributed by atoms with Gasteiger partial charge in [0.1, 0.15) is 6.04 Å². The Balaban J connectivity index is 1.37. The zero-order valence-electron chi connectivity index (χ0n) is 24.9. The van der Waals surface area contributed by atoms with Crippen molar-refractivity contribution in [3.8, 4) is 0 Å². The molecule has 1 fully saturated rings. The molecule has 2 atom stereocenters. The Kier molecular flexibility index (Phi) is 9.55. The highest BCUT2D eigenvalue weighted by atomic mass is 32.2. The van der Waals surface area contributed by atoms with Crippen molar-refractivity contribution in [1.29, 1.82) is 0 Å². The summed E-state index contributed by atoms with van der Waals surface area (Å²) < 4.78 is 0. The van der Waals surface area contributed by atoms with E-state index < -0.39 is 6.04 Å². The predicted octanol–water partition coefficient (Wildman–Crippen LogP) is 6.65. The van der Waals surface area contributed by atoms with Gasteiger partial charge in [-0.3, -0.25) is 4.79 Å². The van der Waals surface area contributed by atoms with Crippen LogP contribution < -0.4 is 10.6 Å². The summed E-state index contributed by atoms with van der Waals surface area (Å²) in [5.41, 5.74) is 5.21. The number of thioether (sulfide) groups is 1. The molecule has 2 heterocycles. The molecule has 3 N–H and O–H groups in total. The number of aromatic amines is 1. The number of carbonyl (C=O) groups is 2. The van der Waals surface area contributed by atoms with Crippen LogP contribution in [0.1, 0.15) is 48.3 Å². The maximum atomic E-state index is 14.1. The molecule has 42 heavy (non-hydrogen) atoms. The predicted molar refractivity (Wildman–Crippen MR) is 173 cm³/mol. The topological polar surface area (TPSA) is 80.5 Å². The van der Waals surface area contributed by atoms with Gasteiger partial charge in [0, 0.05) is 47.5 Å². The lowest BCUT2D eigenvalue weighted by Gasteiger charge is -2.34. The SMILES string of the molecule is CSc1ccc(CN(C)C)cc1NC(=O)[C@H](NC(=O)N1CCC(c2ccccc2)CC1)[C@@H](C)c1c[nH]c2ccccc12. The fraction of sp³-hybridized carbons (Fsp3) is 0.353. The minimum Gasteiger partial charge on any atom is -0.361 e. The van der Waals surface area contributed by atoms with Gasteiger partial charge in [-0.15, -0.1) is 11.8 Å². The summed E-state index contributed by atoms with van der Waals surface area (Å²) in [5.74, 6) is -0.0499. The van der Waals surface area contributed by atoms with Gasteiger partial charge in [-0.1, -0.05) is 61.5 Å². The molecule has 4 aromatic rings. The van der Waals surface area contributed by atoms with Crippen LogP contribution in [0.4, 0.5) is 10.5 Å². The number of hydrogen-bond acceptors (Lipinski definition) is 4. The number of aromatic nitrogens is 1. The van der Waals surface area contributed by atoms with E-state index in [0.29, 0.717) is 19.0 Å².